The summed E-state index contributed by atoms with van der Waals surface area (Å²) in [6, 6.07) is 0.263. The van der Waals surface area contributed by atoms with Crippen LogP contribution in [-0.4, -0.2) is 56.8 Å². The molecule has 164 valence electrons. The van der Waals surface area contributed by atoms with E-state index in [0.717, 1.165) is 38.8 Å². The number of nitrogens with one attached hydrogen (secondary N) is 3. The minimum absolute atomic E-state index is 0.162. The Morgan fingerprint density at radius 3 is 2.88 bits per heavy atom. The number of aromatic nitrogens is 8. The molecule has 12 nitrogen and oxygen atoms in total. The van der Waals surface area contributed by atoms with Crippen LogP contribution in [-0.2, 0) is 6.54 Å². The summed E-state index contributed by atoms with van der Waals surface area (Å²) in [4.78, 5) is 34.4. The summed E-state index contributed by atoms with van der Waals surface area (Å²) in [7, 11) is 0. The molecular weight excluding hydrogens is 412 g/mol. The highest BCUT2D eigenvalue weighted by atomic mass is 16.3. The number of hydrogen-bond donors (Lipinski definition) is 4. The van der Waals surface area contributed by atoms with Gasteiger partial charge in [0.1, 0.15) is 5.69 Å². The molecule has 2 fully saturated rings. The zero-order valence-electron chi connectivity index (χ0n) is 17.2. The molecule has 2 aliphatic carbocycles. The zero-order chi connectivity index (χ0) is 21.7. The highest BCUT2D eigenvalue weighted by Gasteiger charge is 2.42. The lowest BCUT2D eigenvalue weighted by molar-refractivity contribution is 0.443. The van der Waals surface area contributed by atoms with Gasteiger partial charge in [0.15, 0.2) is 5.65 Å². The number of aromatic hydroxyl groups is 1. The summed E-state index contributed by atoms with van der Waals surface area (Å²) in [6.45, 7) is 1.64. The minimum Gasteiger partial charge on any atom is -0.493 e. The lowest BCUT2D eigenvalue weighted by Gasteiger charge is -2.16. The summed E-state index contributed by atoms with van der Waals surface area (Å²) < 4.78 is 3.69. The molecule has 6 rings (SSSR count). The van der Waals surface area contributed by atoms with Gasteiger partial charge >= 0.3 is 5.69 Å². The summed E-state index contributed by atoms with van der Waals surface area (Å²) in [6.07, 6.45) is 13.2. The number of imidazole rings is 2. The first-order valence-corrected chi connectivity index (χ1v) is 10.6. The molecule has 2 aliphatic rings. The van der Waals surface area contributed by atoms with Crippen LogP contribution in [0.3, 0.4) is 0 Å². The molecule has 0 radical (unpaired) electrons. The molecule has 0 aromatic carbocycles. The predicted molar refractivity (Wildman–Crippen MR) is 114 cm³/mol. The lowest BCUT2D eigenvalue weighted by Crippen LogP contribution is -2.27. The fourth-order valence-corrected chi connectivity index (χ4v) is 3.76. The van der Waals surface area contributed by atoms with Gasteiger partial charge in [0.05, 0.1) is 18.6 Å². The van der Waals surface area contributed by atoms with Gasteiger partial charge in [-0.2, -0.15) is 19.6 Å². The van der Waals surface area contributed by atoms with Crippen molar-refractivity contribution in [2.45, 2.75) is 38.3 Å². The Morgan fingerprint density at radius 2 is 2.19 bits per heavy atom. The summed E-state index contributed by atoms with van der Waals surface area (Å²) >= 11 is 0. The Bertz CT molecular complexity index is 1450. The Kier molecular flexibility index (Phi) is 4.13. The molecule has 0 amide bonds. The van der Waals surface area contributed by atoms with E-state index in [9.17, 15) is 9.90 Å². The maximum atomic E-state index is 11.5. The zero-order valence-corrected chi connectivity index (χ0v) is 17.2. The van der Waals surface area contributed by atoms with E-state index in [1.807, 2.05) is 12.5 Å². The van der Waals surface area contributed by atoms with Crippen LogP contribution in [0.1, 0.15) is 31.4 Å². The largest absolute Gasteiger partial charge is 0.493 e. The average molecular weight is 434 g/mol. The van der Waals surface area contributed by atoms with E-state index >= 15 is 0 Å². The first kappa shape index (κ1) is 18.8. The monoisotopic (exact) mass is 434 g/mol. The highest BCUT2D eigenvalue weighted by Crippen LogP contribution is 2.46. The highest BCUT2D eigenvalue weighted by molar-refractivity contribution is 5.57. The summed E-state index contributed by atoms with van der Waals surface area (Å²) in [5.41, 5.74) is 0.971. The maximum Gasteiger partial charge on any atom is 0.326 e. The van der Waals surface area contributed by atoms with E-state index in [-0.39, 0.29) is 23.0 Å². The molecule has 4 heterocycles. The van der Waals surface area contributed by atoms with Crippen molar-refractivity contribution < 1.29 is 5.11 Å². The van der Waals surface area contributed by atoms with Crippen LogP contribution in [0.25, 0.3) is 11.7 Å². The van der Waals surface area contributed by atoms with E-state index in [4.69, 9.17) is 4.99 Å². The van der Waals surface area contributed by atoms with Crippen molar-refractivity contribution in [3.8, 4) is 5.88 Å². The molecule has 0 bridgehead atoms. The van der Waals surface area contributed by atoms with Gasteiger partial charge in [0.25, 0.3) is 5.62 Å². The number of rotatable bonds is 7. The van der Waals surface area contributed by atoms with Gasteiger partial charge in [-0.05, 0) is 31.8 Å². The fraction of sp³-hybridized carbons (Fsp3) is 0.400. The van der Waals surface area contributed by atoms with Crippen LogP contribution in [0, 0.1) is 5.41 Å². The van der Waals surface area contributed by atoms with Crippen molar-refractivity contribution in [1.29, 1.82) is 0 Å². The number of anilines is 1. The number of nitrogens with zero attached hydrogens (tertiary/aromatic N) is 7. The molecule has 0 aliphatic heterocycles. The van der Waals surface area contributed by atoms with Crippen LogP contribution in [0.15, 0.2) is 34.7 Å². The normalized spacial score (nSPS) is 18.5. The number of hydrogen-bond acceptors (Lipinski definition) is 8. The van der Waals surface area contributed by atoms with Crippen LogP contribution < -0.4 is 21.8 Å². The SMILES string of the molecule is O=c1[nH]c(O)c(/C=c2/cnn3c(=NC4CC4)nc(NCC4(Cn5ccnc5)CC4)nc23)[nH]1. The molecular formula is C20H22N10O2. The molecule has 32 heavy (non-hydrogen) atoms. The van der Waals surface area contributed by atoms with Gasteiger partial charge in [0, 0.05) is 36.1 Å². The first-order chi connectivity index (χ1) is 15.6. The summed E-state index contributed by atoms with van der Waals surface area (Å²) in [5.74, 6) is 0.246. The van der Waals surface area contributed by atoms with Gasteiger partial charge in [-0.25, -0.2) is 14.8 Å². The molecule has 0 unspecified atom stereocenters. The Morgan fingerprint density at radius 1 is 1.31 bits per heavy atom. The molecule has 4 aromatic rings. The summed E-state index contributed by atoms with van der Waals surface area (Å²) in [5, 5.41) is 18.3. The molecule has 2 saturated carbocycles. The third-order valence-electron chi connectivity index (χ3n) is 5.91. The van der Waals surface area contributed by atoms with Crippen LogP contribution >= 0.6 is 0 Å². The average Bonchev–Trinajstić information content (AvgIpc) is 3.59. The van der Waals surface area contributed by atoms with Gasteiger partial charge < -0.3 is 20.0 Å². The molecule has 0 atom stereocenters. The molecule has 0 spiro atoms. The van der Waals surface area contributed by atoms with Crippen molar-refractivity contribution in [3.63, 3.8) is 0 Å². The molecule has 4 N–H and O–H groups in total. The third-order valence-corrected chi connectivity index (χ3v) is 5.91. The number of fused-ring (bicyclic) bond motifs is 1. The van der Waals surface area contributed by atoms with Crippen molar-refractivity contribution in [3.05, 3.63) is 51.9 Å². The van der Waals surface area contributed by atoms with Crippen LogP contribution in [0.5, 0.6) is 5.88 Å². The standard InChI is InChI=1S/C20H22N10O2/c31-16-14(25-19(32)27-16)7-12-8-23-30-15(12)26-17(28-18(30)24-13-1-2-13)22-9-20(3-4-20)10-29-6-5-21-11-29/h5-8,11,13,31H,1-4,9-10H2,(H,22,24,28)(H2,25,27,32)/b12-7-. The quantitative estimate of drug-likeness (QED) is 0.307. The second-order valence-electron chi connectivity index (χ2n) is 8.62. The Hall–Kier alpha value is -3.96. The minimum atomic E-state index is -0.487. The van der Waals surface area contributed by atoms with Crippen molar-refractivity contribution in [2.75, 3.05) is 11.9 Å². The fourth-order valence-electron chi connectivity index (χ4n) is 3.76. The van der Waals surface area contributed by atoms with E-state index in [1.54, 1.807) is 23.0 Å². The van der Waals surface area contributed by atoms with Crippen LogP contribution in [0.2, 0.25) is 0 Å². The van der Waals surface area contributed by atoms with Crippen molar-refractivity contribution in [2.24, 2.45) is 10.4 Å². The third kappa shape index (κ3) is 3.63. The van der Waals surface area contributed by atoms with E-state index in [2.05, 4.69) is 39.9 Å². The maximum absolute atomic E-state index is 11.5. The Balaban J connectivity index is 1.36. The van der Waals surface area contributed by atoms with Gasteiger partial charge in [-0.15, -0.1) is 0 Å². The van der Waals surface area contributed by atoms with Gasteiger partial charge in [-0.1, -0.05) is 0 Å². The van der Waals surface area contributed by atoms with Crippen LogP contribution in [0.4, 0.5) is 5.95 Å². The molecule has 0 saturated heterocycles. The van der Waals surface area contributed by atoms with E-state index in [0.29, 0.717) is 22.4 Å². The first-order valence-electron chi connectivity index (χ1n) is 10.6. The molecule has 12 heteroatoms. The molecule has 4 aromatic heterocycles. The second-order valence-corrected chi connectivity index (χ2v) is 8.62. The van der Waals surface area contributed by atoms with E-state index < -0.39 is 5.69 Å². The number of aromatic amines is 2. The van der Waals surface area contributed by atoms with E-state index in [1.165, 1.54) is 0 Å². The smallest absolute Gasteiger partial charge is 0.326 e. The lowest BCUT2D eigenvalue weighted by atomic mass is 10.1. The van der Waals surface area contributed by atoms with Crippen molar-refractivity contribution >= 4 is 17.7 Å². The topological polar surface area (TPSA) is 154 Å². The Labute approximate surface area is 180 Å². The predicted octanol–water partition coefficient (Wildman–Crippen LogP) is -0.454. The number of H-pyrrole nitrogens is 2. The second kappa shape index (κ2) is 7.04. The van der Waals surface area contributed by atoms with Gasteiger partial charge in [-0.3, -0.25) is 4.98 Å². The van der Waals surface area contributed by atoms with Crippen molar-refractivity contribution in [1.82, 2.24) is 39.1 Å². The van der Waals surface area contributed by atoms with Gasteiger partial charge in [0.2, 0.25) is 11.8 Å².